The van der Waals surface area contributed by atoms with Gasteiger partial charge in [0.15, 0.2) is 5.82 Å². The number of hydrogen-bond acceptors (Lipinski definition) is 4. The Labute approximate surface area is 107 Å². The van der Waals surface area contributed by atoms with E-state index in [4.69, 9.17) is 4.74 Å². The number of aromatic nitrogens is 2. The Bertz CT molecular complexity index is 418. The average Bonchev–Trinajstić information content (AvgIpc) is 3.17. The zero-order chi connectivity index (χ0) is 13.0. The van der Waals surface area contributed by atoms with Gasteiger partial charge in [-0.3, -0.25) is 4.79 Å². The summed E-state index contributed by atoms with van der Waals surface area (Å²) in [5.74, 6) is 1.21. The summed E-state index contributed by atoms with van der Waals surface area (Å²) in [6.07, 6.45) is 4.39. The molecule has 98 valence electrons. The van der Waals surface area contributed by atoms with Crippen molar-refractivity contribution in [1.82, 2.24) is 15.3 Å². The van der Waals surface area contributed by atoms with Crippen LogP contribution in [0, 0.1) is 12.8 Å². The Hall–Kier alpha value is -1.49. The van der Waals surface area contributed by atoms with E-state index in [9.17, 15) is 4.79 Å². The average molecular weight is 249 g/mol. The first-order valence-electron chi connectivity index (χ1n) is 6.28. The van der Waals surface area contributed by atoms with Crippen molar-refractivity contribution < 1.29 is 9.53 Å². The number of nitrogens with one attached hydrogen (secondary N) is 1. The fourth-order valence-corrected chi connectivity index (χ4v) is 1.88. The van der Waals surface area contributed by atoms with Crippen molar-refractivity contribution in [1.29, 1.82) is 0 Å². The molecule has 0 saturated heterocycles. The number of carbonyl (C=O) groups is 1. The van der Waals surface area contributed by atoms with Crippen molar-refractivity contribution in [2.45, 2.75) is 32.2 Å². The third-order valence-electron chi connectivity index (χ3n) is 3.03. The van der Waals surface area contributed by atoms with Crippen LogP contribution in [0.2, 0.25) is 0 Å². The number of rotatable bonds is 6. The van der Waals surface area contributed by atoms with Crippen LogP contribution in [0.15, 0.2) is 12.3 Å². The lowest BCUT2D eigenvalue weighted by Crippen LogP contribution is -2.31. The molecular formula is C13H19N3O2. The molecule has 1 atom stereocenters. The van der Waals surface area contributed by atoms with E-state index in [2.05, 4.69) is 15.3 Å². The Balaban J connectivity index is 2.02. The highest BCUT2D eigenvalue weighted by molar-refractivity contribution is 5.76. The van der Waals surface area contributed by atoms with Crippen molar-refractivity contribution in [3.8, 4) is 0 Å². The number of carbonyl (C=O) groups excluding carboxylic acids is 1. The highest BCUT2D eigenvalue weighted by Crippen LogP contribution is 2.39. The van der Waals surface area contributed by atoms with Crippen LogP contribution in [0.5, 0.6) is 0 Å². The minimum Gasteiger partial charge on any atom is -0.384 e. The highest BCUT2D eigenvalue weighted by atomic mass is 16.5. The Morgan fingerprint density at radius 2 is 2.39 bits per heavy atom. The predicted octanol–water partition coefficient (Wildman–Crippen LogP) is 1.39. The van der Waals surface area contributed by atoms with Gasteiger partial charge in [-0.05, 0) is 31.7 Å². The van der Waals surface area contributed by atoms with Crippen LogP contribution in [0.25, 0.3) is 0 Å². The first kappa shape index (κ1) is 13.0. The van der Waals surface area contributed by atoms with Crippen LogP contribution in [0.1, 0.15) is 36.8 Å². The van der Waals surface area contributed by atoms with Gasteiger partial charge in [-0.25, -0.2) is 9.97 Å². The minimum atomic E-state index is -0.0470. The van der Waals surface area contributed by atoms with Crippen molar-refractivity contribution in [3.05, 3.63) is 23.8 Å². The summed E-state index contributed by atoms with van der Waals surface area (Å²) < 4.78 is 4.90. The molecule has 1 amide bonds. The molecule has 0 radical (unpaired) electrons. The fraction of sp³-hybridized carbons (Fsp3) is 0.615. The van der Waals surface area contributed by atoms with Crippen LogP contribution in [-0.2, 0) is 9.53 Å². The molecule has 1 heterocycles. The van der Waals surface area contributed by atoms with Crippen LogP contribution in [-0.4, -0.2) is 29.6 Å². The van der Waals surface area contributed by atoms with Gasteiger partial charge in [0.25, 0.3) is 0 Å². The molecule has 0 bridgehead atoms. The predicted molar refractivity (Wildman–Crippen MR) is 66.9 cm³/mol. The minimum absolute atomic E-state index is 0.00106. The molecule has 0 spiro atoms. The first-order chi connectivity index (χ1) is 8.70. The van der Waals surface area contributed by atoms with E-state index in [0.717, 1.165) is 24.4 Å². The van der Waals surface area contributed by atoms with Crippen LogP contribution >= 0.6 is 0 Å². The van der Waals surface area contributed by atoms with Crippen molar-refractivity contribution >= 4 is 5.91 Å². The van der Waals surface area contributed by atoms with Crippen molar-refractivity contribution in [3.63, 3.8) is 0 Å². The number of nitrogens with zero attached hydrogens (tertiary/aromatic N) is 2. The number of amides is 1. The summed E-state index contributed by atoms with van der Waals surface area (Å²) in [5.41, 5.74) is 0.928. The van der Waals surface area contributed by atoms with E-state index in [1.54, 1.807) is 13.3 Å². The van der Waals surface area contributed by atoms with Crippen LogP contribution in [0.3, 0.4) is 0 Å². The molecule has 0 aromatic carbocycles. The maximum absolute atomic E-state index is 11.8. The molecular weight excluding hydrogens is 230 g/mol. The van der Waals surface area contributed by atoms with Gasteiger partial charge < -0.3 is 10.1 Å². The van der Waals surface area contributed by atoms with E-state index < -0.39 is 0 Å². The molecule has 1 fully saturated rings. The summed E-state index contributed by atoms with van der Waals surface area (Å²) in [4.78, 5) is 20.4. The van der Waals surface area contributed by atoms with E-state index in [0.29, 0.717) is 18.9 Å². The Morgan fingerprint density at radius 3 is 3.00 bits per heavy atom. The maximum Gasteiger partial charge on any atom is 0.222 e. The Kier molecular flexibility index (Phi) is 4.25. The lowest BCUT2D eigenvalue weighted by Gasteiger charge is -2.17. The second-order valence-corrected chi connectivity index (χ2v) is 4.68. The number of ether oxygens (including phenoxy) is 1. The molecule has 1 unspecified atom stereocenters. The topological polar surface area (TPSA) is 64.1 Å². The van der Waals surface area contributed by atoms with Gasteiger partial charge in [0.1, 0.15) is 0 Å². The van der Waals surface area contributed by atoms with Gasteiger partial charge in [0.05, 0.1) is 12.6 Å². The summed E-state index contributed by atoms with van der Waals surface area (Å²) >= 11 is 0. The summed E-state index contributed by atoms with van der Waals surface area (Å²) in [6, 6.07) is 1.81. The SMILES string of the molecule is COCCC(=O)NC(c1nccc(C)n1)C1CC1. The zero-order valence-corrected chi connectivity index (χ0v) is 10.8. The van der Waals surface area contributed by atoms with Crippen LogP contribution in [0.4, 0.5) is 0 Å². The molecule has 5 heteroatoms. The van der Waals surface area contributed by atoms with E-state index in [1.807, 2.05) is 13.0 Å². The molecule has 1 aliphatic rings. The van der Waals surface area contributed by atoms with Gasteiger partial charge in [0, 0.05) is 25.4 Å². The number of aryl methyl sites for hydroxylation is 1. The van der Waals surface area contributed by atoms with Gasteiger partial charge >= 0.3 is 0 Å². The highest BCUT2D eigenvalue weighted by Gasteiger charge is 2.35. The van der Waals surface area contributed by atoms with E-state index >= 15 is 0 Å². The first-order valence-corrected chi connectivity index (χ1v) is 6.28. The maximum atomic E-state index is 11.8. The summed E-state index contributed by atoms with van der Waals surface area (Å²) in [6.45, 7) is 2.37. The monoisotopic (exact) mass is 249 g/mol. The van der Waals surface area contributed by atoms with Gasteiger partial charge in [-0.1, -0.05) is 0 Å². The van der Waals surface area contributed by atoms with Crippen molar-refractivity contribution in [2.75, 3.05) is 13.7 Å². The smallest absolute Gasteiger partial charge is 0.222 e. The largest absolute Gasteiger partial charge is 0.384 e. The molecule has 1 saturated carbocycles. The van der Waals surface area contributed by atoms with E-state index in [-0.39, 0.29) is 11.9 Å². The lowest BCUT2D eigenvalue weighted by atomic mass is 10.1. The molecule has 5 nitrogen and oxygen atoms in total. The second-order valence-electron chi connectivity index (χ2n) is 4.68. The number of methoxy groups -OCH3 is 1. The third kappa shape index (κ3) is 3.50. The standard InChI is InChI=1S/C13H19N3O2/c1-9-5-7-14-13(15-9)12(10-3-4-10)16-11(17)6-8-18-2/h5,7,10,12H,3-4,6,8H2,1-2H3,(H,16,17). The van der Waals surface area contributed by atoms with Gasteiger partial charge in [0.2, 0.25) is 5.91 Å². The van der Waals surface area contributed by atoms with E-state index in [1.165, 1.54) is 0 Å². The molecule has 18 heavy (non-hydrogen) atoms. The summed E-state index contributed by atoms with van der Waals surface area (Å²) in [5, 5.41) is 3.01. The zero-order valence-electron chi connectivity index (χ0n) is 10.8. The molecule has 2 rings (SSSR count). The molecule has 1 aromatic heterocycles. The van der Waals surface area contributed by atoms with Gasteiger partial charge in [-0.15, -0.1) is 0 Å². The molecule has 1 aromatic rings. The Morgan fingerprint density at radius 1 is 1.61 bits per heavy atom. The van der Waals surface area contributed by atoms with Gasteiger partial charge in [-0.2, -0.15) is 0 Å². The summed E-state index contributed by atoms with van der Waals surface area (Å²) in [7, 11) is 1.59. The quantitative estimate of drug-likeness (QED) is 0.827. The second kappa shape index (κ2) is 5.91. The van der Waals surface area contributed by atoms with Crippen molar-refractivity contribution in [2.24, 2.45) is 5.92 Å². The lowest BCUT2D eigenvalue weighted by molar-refractivity contribution is -0.122. The fourth-order valence-electron chi connectivity index (χ4n) is 1.88. The van der Waals surface area contributed by atoms with Crippen LogP contribution < -0.4 is 5.32 Å². The normalized spacial score (nSPS) is 16.3. The number of hydrogen-bond donors (Lipinski definition) is 1. The third-order valence-corrected chi connectivity index (χ3v) is 3.03. The molecule has 1 N–H and O–H groups in total. The molecule has 1 aliphatic carbocycles. The molecule has 0 aliphatic heterocycles.